The van der Waals surface area contributed by atoms with E-state index < -0.39 is 0 Å². The van der Waals surface area contributed by atoms with E-state index >= 15 is 0 Å². The second kappa shape index (κ2) is 7.01. The van der Waals surface area contributed by atoms with Gasteiger partial charge in [0, 0.05) is 12.1 Å². The highest BCUT2D eigenvalue weighted by atomic mass is 16.1. The molecule has 3 nitrogen and oxygen atoms in total. The Hall–Kier alpha value is -1.35. The van der Waals surface area contributed by atoms with E-state index in [1.807, 2.05) is 18.2 Å². The van der Waals surface area contributed by atoms with Crippen LogP contribution in [0.5, 0.6) is 0 Å². The SMILES string of the molecule is CCCCCNCc1ccccc1C(N)=O. The monoisotopic (exact) mass is 220 g/mol. The van der Waals surface area contributed by atoms with E-state index in [9.17, 15) is 4.79 Å². The summed E-state index contributed by atoms with van der Waals surface area (Å²) >= 11 is 0. The third kappa shape index (κ3) is 4.03. The first-order valence-electron chi connectivity index (χ1n) is 5.84. The molecule has 1 aromatic rings. The fourth-order valence-corrected chi connectivity index (χ4v) is 1.64. The largest absolute Gasteiger partial charge is 0.366 e. The maximum atomic E-state index is 11.2. The van der Waals surface area contributed by atoms with Crippen molar-refractivity contribution in [2.24, 2.45) is 5.73 Å². The van der Waals surface area contributed by atoms with E-state index in [2.05, 4.69) is 12.2 Å². The quantitative estimate of drug-likeness (QED) is 0.691. The van der Waals surface area contributed by atoms with Gasteiger partial charge >= 0.3 is 0 Å². The number of rotatable bonds is 7. The van der Waals surface area contributed by atoms with Crippen molar-refractivity contribution in [3.8, 4) is 0 Å². The first-order valence-corrected chi connectivity index (χ1v) is 5.84. The van der Waals surface area contributed by atoms with Crippen LogP contribution in [-0.2, 0) is 6.54 Å². The van der Waals surface area contributed by atoms with Gasteiger partial charge in [-0.1, -0.05) is 38.0 Å². The fraction of sp³-hybridized carbons (Fsp3) is 0.462. The van der Waals surface area contributed by atoms with Gasteiger partial charge in [-0.25, -0.2) is 0 Å². The molecule has 3 heteroatoms. The molecule has 0 atom stereocenters. The molecule has 0 bridgehead atoms. The number of unbranched alkanes of at least 4 members (excludes halogenated alkanes) is 2. The predicted octanol–water partition coefficient (Wildman–Crippen LogP) is 2.07. The van der Waals surface area contributed by atoms with Gasteiger partial charge in [0.1, 0.15) is 0 Å². The van der Waals surface area contributed by atoms with E-state index in [0.717, 1.165) is 12.1 Å². The van der Waals surface area contributed by atoms with E-state index in [-0.39, 0.29) is 5.91 Å². The molecule has 0 aromatic heterocycles. The summed E-state index contributed by atoms with van der Waals surface area (Å²) in [6, 6.07) is 7.47. The van der Waals surface area contributed by atoms with Crippen LogP contribution in [0.3, 0.4) is 0 Å². The number of benzene rings is 1. The van der Waals surface area contributed by atoms with E-state index in [4.69, 9.17) is 5.73 Å². The third-order valence-electron chi connectivity index (χ3n) is 2.56. The zero-order valence-corrected chi connectivity index (χ0v) is 9.83. The molecule has 0 spiro atoms. The summed E-state index contributed by atoms with van der Waals surface area (Å²) in [6.45, 7) is 3.88. The van der Waals surface area contributed by atoms with Crippen molar-refractivity contribution in [1.82, 2.24) is 5.32 Å². The highest BCUT2D eigenvalue weighted by Crippen LogP contribution is 2.07. The van der Waals surface area contributed by atoms with Crippen LogP contribution in [0.1, 0.15) is 42.1 Å². The summed E-state index contributed by atoms with van der Waals surface area (Å²) in [5.74, 6) is -0.356. The van der Waals surface area contributed by atoms with Crippen molar-refractivity contribution >= 4 is 5.91 Å². The van der Waals surface area contributed by atoms with Crippen LogP contribution in [-0.4, -0.2) is 12.5 Å². The molecule has 1 rings (SSSR count). The lowest BCUT2D eigenvalue weighted by Gasteiger charge is -2.07. The molecule has 1 amide bonds. The maximum Gasteiger partial charge on any atom is 0.249 e. The minimum Gasteiger partial charge on any atom is -0.366 e. The summed E-state index contributed by atoms with van der Waals surface area (Å²) in [5, 5.41) is 3.32. The molecular formula is C13H20N2O. The molecule has 0 aliphatic heterocycles. The zero-order valence-electron chi connectivity index (χ0n) is 9.83. The van der Waals surface area contributed by atoms with Gasteiger partial charge in [0.15, 0.2) is 0 Å². The van der Waals surface area contributed by atoms with Crippen molar-refractivity contribution in [2.45, 2.75) is 32.7 Å². The highest BCUT2D eigenvalue weighted by molar-refractivity contribution is 5.94. The average molecular weight is 220 g/mol. The highest BCUT2D eigenvalue weighted by Gasteiger charge is 2.05. The van der Waals surface area contributed by atoms with Gasteiger partial charge < -0.3 is 11.1 Å². The molecule has 0 fully saturated rings. The second-order valence-electron chi connectivity index (χ2n) is 3.91. The lowest BCUT2D eigenvalue weighted by atomic mass is 10.1. The maximum absolute atomic E-state index is 11.2. The number of primary amides is 1. The number of amides is 1. The Morgan fingerprint density at radius 2 is 2.06 bits per heavy atom. The summed E-state index contributed by atoms with van der Waals surface area (Å²) in [7, 11) is 0. The van der Waals surface area contributed by atoms with Crippen LogP contribution < -0.4 is 11.1 Å². The van der Waals surface area contributed by atoms with Gasteiger partial charge in [0.25, 0.3) is 0 Å². The van der Waals surface area contributed by atoms with Gasteiger partial charge in [-0.15, -0.1) is 0 Å². The second-order valence-corrected chi connectivity index (χ2v) is 3.91. The minimum atomic E-state index is -0.356. The predicted molar refractivity (Wildman–Crippen MR) is 66.2 cm³/mol. The number of hydrogen-bond acceptors (Lipinski definition) is 2. The molecule has 0 heterocycles. The first kappa shape index (κ1) is 12.7. The topological polar surface area (TPSA) is 55.1 Å². The Labute approximate surface area is 97.0 Å². The zero-order chi connectivity index (χ0) is 11.8. The normalized spacial score (nSPS) is 10.3. The summed E-state index contributed by atoms with van der Waals surface area (Å²) in [5.41, 5.74) is 6.89. The number of hydrogen-bond donors (Lipinski definition) is 2. The van der Waals surface area contributed by atoms with Crippen LogP contribution in [0.25, 0.3) is 0 Å². The molecule has 0 saturated carbocycles. The number of nitrogens with one attached hydrogen (secondary N) is 1. The van der Waals surface area contributed by atoms with E-state index in [1.165, 1.54) is 19.3 Å². The van der Waals surface area contributed by atoms with Crippen molar-refractivity contribution < 1.29 is 4.79 Å². The van der Waals surface area contributed by atoms with Gasteiger partial charge in [-0.2, -0.15) is 0 Å². The van der Waals surface area contributed by atoms with Crippen molar-refractivity contribution in [3.63, 3.8) is 0 Å². The van der Waals surface area contributed by atoms with Gasteiger partial charge in [-0.05, 0) is 24.6 Å². The van der Waals surface area contributed by atoms with E-state index in [0.29, 0.717) is 12.1 Å². The Balaban J connectivity index is 2.44. The lowest BCUT2D eigenvalue weighted by molar-refractivity contribution is 0.0999. The Bertz CT molecular complexity index is 336. The molecular weight excluding hydrogens is 200 g/mol. The van der Waals surface area contributed by atoms with Gasteiger partial charge in [0.2, 0.25) is 5.91 Å². The fourth-order valence-electron chi connectivity index (χ4n) is 1.64. The molecule has 0 unspecified atom stereocenters. The smallest absolute Gasteiger partial charge is 0.249 e. The van der Waals surface area contributed by atoms with Crippen molar-refractivity contribution in [1.29, 1.82) is 0 Å². The summed E-state index contributed by atoms with van der Waals surface area (Å²) in [4.78, 5) is 11.2. The minimum absolute atomic E-state index is 0.356. The van der Waals surface area contributed by atoms with Crippen LogP contribution in [0.4, 0.5) is 0 Å². The molecule has 1 aromatic carbocycles. The molecule has 3 N–H and O–H groups in total. The Morgan fingerprint density at radius 1 is 1.31 bits per heavy atom. The molecule has 0 aliphatic rings. The Kier molecular flexibility index (Phi) is 5.57. The van der Waals surface area contributed by atoms with Crippen LogP contribution in [0.2, 0.25) is 0 Å². The Morgan fingerprint density at radius 3 is 2.75 bits per heavy atom. The van der Waals surface area contributed by atoms with Crippen molar-refractivity contribution in [3.05, 3.63) is 35.4 Å². The van der Waals surface area contributed by atoms with Crippen LogP contribution in [0.15, 0.2) is 24.3 Å². The standard InChI is InChI=1S/C13H20N2O/c1-2-3-6-9-15-10-11-7-4-5-8-12(11)13(14)16/h4-5,7-8,15H,2-3,6,9-10H2,1H3,(H2,14,16). The number of nitrogens with two attached hydrogens (primary N) is 1. The van der Waals surface area contributed by atoms with Gasteiger partial charge in [-0.3, -0.25) is 4.79 Å². The first-order chi connectivity index (χ1) is 7.75. The van der Waals surface area contributed by atoms with Crippen LogP contribution in [0, 0.1) is 0 Å². The number of carbonyl (C=O) groups excluding carboxylic acids is 1. The lowest BCUT2D eigenvalue weighted by Crippen LogP contribution is -2.19. The van der Waals surface area contributed by atoms with Crippen LogP contribution >= 0.6 is 0 Å². The third-order valence-corrected chi connectivity index (χ3v) is 2.56. The van der Waals surface area contributed by atoms with E-state index in [1.54, 1.807) is 6.07 Å². The molecule has 88 valence electrons. The number of carbonyl (C=O) groups is 1. The average Bonchev–Trinajstić information content (AvgIpc) is 2.29. The summed E-state index contributed by atoms with van der Waals surface area (Å²) < 4.78 is 0. The summed E-state index contributed by atoms with van der Waals surface area (Å²) in [6.07, 6.45) is 3.64. The molecule has 16 heavy (non-hydrogen) atoms. The van der Waals surface area contributed by atoms with Crippen molar-refractivity contribution in [2.75, 3.05) is 6.54 Å². The molecule has 0 aliphatic carbocycles. The molecule has 0 saturated heterocycles. The molecule has 0 radical (unpaired) electrons. The van der Waals surface area contributed by atoms with Gasteiger partial charge in [0.05, 0.1) is 0 Å².